The van der Waals surface area contributed by atoms with Gasteiger partial charge in [0.2, 0.25) is 11.8 Å². The summed E-state index contributed by atoms with van der Waals surface area (Å²) in [6.45, 7) is -0.188. The van der Waals surface area contributed by atoms with Crippen LogP contribution >= 0.6 is 27.3 Å². The summed E-state index contributed by atoms with van der Waals surface area (Å²) in [6, 6.07) is 8.25. The van der Waals surface area contributed by atoms with Crippen LogP contribution in [0.25, 0.3) is 0 Å². The fourth-order valence-electron chi connectivity index (χ4n) is 3.42. The molecule has 0 bridgehead atoms. The van der Waals surface area contributed by atoms with Gasteiger partial charge in [0.25, 0.3) is 5.91 Å². The average molecular weight is 436 g/mol. The van der Waals surface area contributed by atoms with E-state index < -0.39 is 29.9 Å². The van der Waals surface area contributed by atoms with Gasteiger partial charge in [-0.05, 0) is 46.7 Å². The van der Waals surface area contributed by atoms with Crippen molar-refractivity contribution in [1.82, 2.24) is 5.06 Å². The van der Waals surface area contributed by atoms with Crippen molar-refractivity contribution in [2.45, 2.75) is 12.1 Å². The second-order valence-corrected chi connectivity index (χ2v) is 7.78. The van der Waals surface area contributed by atoms with Crippen LogP contribution in [0.4, 0.5) is 5.69 Å². The number of imide groups is 1. The highest BCUT2D eigenvalue weighted by Gasteiger charge is 2.60. The van der Waals surface area contributed by atoms with Gasteiger partial charge < -0.3 is 5.73 Å². The van der Waals surface area contributed by atoms with E-state index in [0.717, 1.165) is 14.9 Å². The summed E-state index contributed by atoms with van der Waals surface area (Å²) in [5.74, 6) is -2.09. The Hall–Kier alpha value is -2.07. The number of rotatable bonds is 4. The van der Waals surface area contributed by atoms with Gasteiger partial charge in [0.1, 0.15) is 6.54 Å². The predicted molar refractivity (Wildman–Crippen MR) is 98.0 cm³/mol. The number of nitrogens with two attached hydrogens (primary N) is 1. The van der Waals surface area contributed by atoms with Crippen molar-refractivity contribution < 1.29 is 19.2 Å². The molecule has 2 N–H and O–H groups in total. The van der Waals surface area contributed by atoms with Crippen molar-refractivity contribution in [3.8, 4) is 0 Å². The number of halogens is 1. The van der Waals surface area contributed by atoms with E-state index in [4.69, 9.17) is 10.6 Å². The van der Waals surface area contributed by atoms with Gasteiger partial charge >= 0.3 is 0 Å². The first-order valence-corrected chi connectivity index (χ1v) is 9.58. The van der Waals surface area contributed by atoms with Crippen molar-refractivity contribution in [2.24, 2.45) is 11.7 Å². The van der Waals surface area contributed by atoms with Crippen LogP contribution in [0, 0.1) is 5.92 Å². The number of amides is 3. The van der Waals surface area contributed by atoms with Gasteiger partial charge in [-0.25, -0.2) is 4.90 Å². The molecule has 2 fully saturated rings. The van der Waals surface area contributed by atoms with E-state index in [1.165, 1.54) is 16.4 Å². The molecule has 26 heavy (non-hydrogen) atoms. The lowest BCUT2D eigenvalue weighted by molar-refractivity contribution is -0.175. The minimum atomic E-state index is -0.963. The number of carbonyl (C=O) groups is 3. The highest BCUT2D eigenvalue weighted by Crippen LogP contribution is 2.45. The molecule has 0 spiro atoms. The molecule has 2 aromatic rings. The smallest absolute Gasteiger partial charge is 0.265 e. The standard InChI is InChI=1S/C17H14BrN3O4S/c18-10-1-3-11(4-2-10)21-16(23)13-14(9-5-6-26-8-9)20(7-12(19)22)25-15(13)17(21)24/h1-6,8,13-15H,7H2,(H2,19,22). The molecule has 0 aliphatic carbocycles. The first kappa shape index (κ1) is 17.3. The first-order chi connectivity index (χ1) is 12.5. The largest absolute Gasteiger partial charge is 0.368 e. The molecule has 3 heterocycles. The summed E-state index contributed by atoms with van der Waals surface area (Å²) in [7, 11) is 0. The van der Waals surface area contributed by atoms with E-state index in [-0.39, 0.29) is 12.5 Å². The number of benzene rings is 1. The molecular formula is C17H14BrN3O4S. The quantitative estimate of drug-likeness (QED) is 0.739. The zero-order chi connectivity index (χ0) is 18.4. The van der Waals surface area contributed by atoms with E-state index in [1.807, 2.05) is 16.8 Å². The Balaban J connectivity index is 1.71. The van der Waals surface area contributed by atoms with Crippen molar-refractivity contribution >= 4 is 50.7 Å². The molecule has 3 atom stereocenters. The summed E-state index contributed by atoms with van der Waals surface area (Å²) < 4.78 is 0.848. The van der Waals surface area contributed by atoms with Crippen molar-refractivity contribution in [1.29, 1.82) is 0 Å². The Kier molecular flexibility index (Phi) is 4.39. The second-order valence-electron chi connectivity index (χ2n) is 6.08. The predicted octanol–water partition coefficient (Wildman–Crippen LogP) is 1.84. The second kappa shape index (κ2) is 6.58. The number of fused-ring (bicyclic) bond motifs is 1. The molecule has 0 saturated carbocycles. The first-order valence-electron chi connectivity index (χ1n) is 7.84. The van der Waals surface area contributed by atoms with Crippen LogP contribution in [0.1, 0.15) is 11.6 Å². The van der Waals surface area contributed by atoms with Gasteiger partial charge in [-0.2, -0.15) is 16.4 Å². The third-order valence-electron chi connectivity index (χ3n) is 4.48. The van der Waals surface area contributed by atoms with Gasteiger partial charge in [-0.1, -0.05) is 15.9 Å². The molecular weight excluding hydrogens is 422 g/mol. The zero-order valence-electron chi connectivity index (χ0n) is 13.4. The Bertz CT molecular complexity index is 871. The molecule has 0 radical (unpaired) electrons. The monoisotopic (exact) mass is 435 g/mol. The van der Waals surface area contributed by atoms with Crippen LogP contribution < -0.4 is 10.6 Å². The van der Waals surface area contributed by atoms with E-state index in [9.17, 15) is 14.4 Å². The fraction of sp³-hybridized carbons (Fsp3) is 0.235. The number of carbonyl (C=O) groups excluding carboxylic acids is 3. The Morgan fingerprint density at radius 1 is 1.19 bits per heavy atom. The third-order valence-corrected chi connectivity index (χ3v) is 5.71. The summed E-state index contributed by atoms with van der Waals surface area (Å²) in [4.78, 5) is 44.2. The molecule has 1 aromatic heterocycles. The van der Waals surface area contributed by atoms with Gasteiger partial charge in [0, 0.05) is 4.47 Å². The Morgan fingerprint density at radius 2 is 1.92 bits per heavy atom. The Morgan fingerprint density at radius 3 is 2.54 bits per heavy atom. The maximum Gasteiger partial charge on any atom is 0.265 e. The number of hydroxylamine groups is 2. The van der Waals surface area contributed by atoms with Gasteiger partial charge in [-0.3, -0.25) is 19.2 Å². The van der Waals surface area contributed by atoms with E-state index >= 15 is 0 Å². The number of nitrogens with zero attached hydrogens (tertiary/aromatic N) is 2. The zero-order valence-corrected chi connectivity index (χ0v) is 15.8. The molecule has 2 aliphatic rings. The highest BCUT2D eigenvalue weighted by molar-refractivity contribution is 9.10. The molecule has 3 unspecified atom stereocenters. The van der Waals surface area contributed by atoms with Crippen molar-refractivity contribution in [3.05, 3.63) is 51.1 Å². The molecule has 3 amide bonds. The Labute approximate surface area is 161 Å². The van der Waals surface area contributed by atoms with Crippen LogP contribution in [-0.2, 0) is 19.2 Å². The number of hydrogen-bond donors (Lipinski definition) is 1. The number of hydrogen-bond acceptors (Lipinski definition) is 6. The minimum Gasteiger partial charge on any atom is -0.368 e. The van der Waals surface area contributed by atoms with Crippen LogP contribution in [-0.4, -0.2) is 35.4 Å². The van der Waals surface area contributed by atoms with Crippen LogP contribution in [0.5, 0.6) is 0 Å². The topological polar surface area (TPSA) is 92.9 Å². The van der Waals surface area contributed by atoms with Gasteiger partial charge in [0.15, 0.2) is 6.10 Å². The molecule has 4 rings (SSSR count). The number of anilines is 1. The SMILES string of the molecule is NC(=O)CN1OC2C(=O)N(c3ccc(Br)cc3)C(=O)C2C1c1ccsc1. The molecule has 134 valence electrons. The van der Waals surface area contributed by atoms with Crippen molar-refractivity contribution in [3.63, 3.8) is 0 Å². The van der Waals surface area contributed by atoms with E-state index in [1.54, 1.807) is 24.3 Å². The number of primary amides is 1. The fourth-order valence-corrected chi connectivity index (χ4v) is 4.37. The molecule has 2 saturated heterocycles. The maximum atomic E-state index is 13.1. The van der Waals surface area contributed by atoms with Crippen LogP contribution in [0.3, 0.4) is 0 Å². The van der Waals surface area contributed by atoms with Gasteiger partial charge in [-0.15, -0.1) is 0 Å². The summed E-state index contributed by atoms with van der Waals surface area (Å²) in [6.07, 6.45) is -0.963. The summed E-state index contributed by atoms with van der Waals surface area (Å²) in [5.41, 5.74) is 6.61. The van der Waals surface area contributed by atoms with E-state index in [0.29, 0.717) is 5.69 Å². The molecule has 7 nitrogen and oxygen atoms in total. The number of thiophene rings is 1. The lowest BCUT2D eigenvalue weighted by Crippen LogP contribution is -2.40. The maximum absolute atomic E-state index is 13.1. The van der Waals surface area contributed by atoms with Gasteiger partial charge in [0.05, 0.1) is 17.6 Å². The van der Waals surface area contributed by atoms with Crippen LogP contribution in [0.15, 0.2) is 45.6 Å². The highest BCUT2D eigenvalue weighted by atomic mass is 79.9. The van der Waals surface area contributed by atoms with Crippen molar-refractivity contribution in [2.75, 3.05) is 11.4 Å². The molecule has 1 aromatic carbocycles. The molecule has 2 aliphatic heterocycles. The lowest BCUT2D eigenvalue weighted by atomic mass is 9.92. The minimum absolute atomic E-state index is 0.188. The normalized spacial score (nSPS) is 25.7. The third kappa shape index (κ3) is 2.77. The summed E-state index contributed by atoms with van der Waals surface area (Å²) >= 11 is 4.81. The van der Waals surface area contributed by atoms with E-state index in [2.05, 4.69) is 15.9 Å². The summed E-state index contributed by atoms with van der Waals surface area (Å²) in [5, 5.41) is 5.11. The lowest BCUT2D eigenvalue weighted by Gasteiger charge is -2.25. The average Bonchev–Trinajstić information content (AvgIpc) is 3.27. The van der Waals surface area contributed by atoms with Crippen LogP contribution in [0.2, 0.25) is 0 Å². The molecule has 9 heteroatoms.